The lowest BCUT2D eigenvalue weighted by molar-refractivity contribution is -0.150. The van der Waals surface area contributed by atoms with E-state index in [2.05, 4.69) is 10.5 Å². The van der Waals surface area contributed by atoms with Gasteiger partial charge in [-0.1, -0.05) is 59.3 Å². The molecule has 2 aliphatic heterocycles. The lowest BCUT2D eigenvalue weighted by Gasteiger charge is -2.49. The molecule has 3 aromatic rings. The molecule has 0 aliphatic carbocycles. The molecule has 188 valence electrons. The monoisotopic (exact) mass is 533 g/mol. The number of allylic oxidation sites excluding steroid dienone is 1. The van der Waals surface area contributed by atoms with Gasteiger partial charge in [-0.05, 0) is 30.7 Å². The van der Waals surface area contributed by atoms with E-state index < -0.39 is 23.3 Å². The Hall–Kier alpha value is -3.76. The van der Waals surface area contributed by atoms with Gasteiger partial charge >= 0.3 is 5.97 Å². The van der Waals surface area contributed by atoms with Crippen LogP contribution in [0.4, 0.5) is 0 Å². The van der Waals surface area contributed by atoms with Gasteiger partial charge in [-0.3, -0.25) is 14.5 Å². The minimum atomic E-state index is -1.19. The molecule has 2 N–H and O–H groups in total. The van der Waals surface area contributed by atoms with Gasteiger partial charge in [0.05, 0.1) is 5.75 Å². The van der Waals surface area contributed by atoms with Gasteiger partial charge in [0.2, 0.25) is 5.91 Å². The van der Waals surface area contributed by atoms with Crippen LogP contribution in [-0.4, -0.2) is 55.9 Å². The molecule has 2 aromatic carbocycles. The SMILES string of the molecule is Cc1ccc(-c2cc(/C=C/C3=C(C(=O)O)N4C(=O)[C@@H](NC(=O)CSc5ccccc5)[C@H]4SC3)on2)cc1. The number of carbonyl (C=O) groups excluding carboxylic acids is 2. The second kappa shape index (κ2) is 10.7. The number of carboxylic acid groups (broad SMARTS) is 1. The van der Waals surface area contributed by atoms with Crippen molar-refractivity contribution < 1.29 is 24.0 Å². The lowest BCUT2D eigenvalue weighted by Crippen LogP contribution is -2.70. The number of nitrogens with one attached hydrogen (secondary N) is 1. The summed E-state index contributed by atoms with van der Waals surface area (Å²) in [4.78, 5) is 39.6. The number of fused-ring (bicyclic) bond motifs is 1. The van der Waals surface area contributed by atoms with Crippen LogP contribution in [0.25, 0.3) is 17.3 Å². The van der Waals surface area contributed by atoms with E-state index in [1.165, 1.54) is 28.4 Å². The zero-order chi connectivity index (χ0) is 25.9. The van der Waals surface area contributed by atoms with Gasteiger partial charge in [0.15, 0.2) is 5.76 Å². The number of amides is 2. The number of aliphatic carboxylic acids is 1. The molecule has 0 radical (unpaired) electrons. The first kappa shape index (κ1) is 24.9. The third-order valence-corrected chi connectivity index (χ3v) is 8.27. The zero-order valence-corrected chi connectivity index (χ0v) is 21.4. The number of carbonyl (C=O) groups is 3. The van der Waals surface area contributed by atoms with Gasteiger partial charge in [-0.25, -0.2) is 4.79 Å². The van der Waals surface area contributed by atoms with E-state index in [4.69, 9.17) is 4.52 Å². The van der Waals surface area contributed by atoms with Crippen LogP contribution in [0, 0.1) is 6.92 Å². The molecule has 2 amide bonds. The quantitative estimate of drug-likeness (QED) is 0.327. The zero-order valence-electron chi connectivity index (χ0n) is 19.8. The fourth-order valence-electron chi connectivity index (χ4n) is 4.06. The molecule has 37 heavy (non-hydrogen) atoms. The molecule has 10 heteroatoms. The highest BCUT2D eigenvalue weighted by Crippen LogP contribution is 2.41. The van der Waals surface area contributed by atoms with Crippen molar-refractivity contribution in [2.45, 2.75) is 23.2 Å². The Labute approximate surface area is 221 Å². The number of benzene rings is 2. The first-order valence-electron chi connectivity index (χ1n) is 11.5. The molecular formula is C27H23N3O5S2. The fourth-order valence-corrected chi connectivity index (χ4v) is 6.11. The number of β-lactam (4-membered cyclic amide) rings is 1. The molecule has 0 saturated carbocycles. The number of nitrogens with zero attached hydrogens (tertiary/aromatic N) is 2. The number of carboxylic acids is 1. The molecule has 1 saturated heterocycles. The maximum absolute atomic E-state index is 12.9. The lowest BCUT2D eigenvalue weighted by atomic mass is 10.0. The minimum absolute atomic E-state index is 0.0765. The Morgan fingerprint density at radius 2 is 1.95 bits per heavy atom. The van der Waals surface area contributed by atoms with Crippen LogP contribution >= 0.6 is 23.5 Å². The van der Waals surface area contributed by atoms with Crippen LogP contribution in [0.3, 0.4) is 0 Å². The summed E-state index contributed by atoms with van der Waals surface area (Å²) in [6.45, 7) is 2.01. The fraction of sp³-hybridized carbons (Fsp3) is 0.185. The van der Waals surface area contributed by atoms with E-state index in [0.29, 0.717) is 22.8 Å². The molecule has 0 spiro atoms. The third kappa shape index (κ3) is 5.35. The van der Waals surface area contributed by atoms with Crippen LogP contribution in [0.5, 0.6) is 0 Å². The van der Waals surface area contributed by atoms with Crippen LogP contribution in [0.2, 0.25) is 0 Å². The maximum Gasteiger partial charge on any atom is 0.352 e. The summed E-state index contributed by atoms with van der Waals surface area (Å²) in [6, 6.07) is 18.4. The third-order valence-electron chi connectivity index (χ3n) is 5.95. The summed E-state index contributed by atoms with van der Waals surface area (Å²) in [5.74, 6) is -0.885. The van der Waals surface area contributed by atoms with Crippen molar-refractivity contribution in [3.05, 3.63) is 89.3 Å². The molecule has 3 heterocycles. The Balaban J connectivity index is 1.26. The standard InChI is InChI=1S/C27H23N3O5S2/c1-16-7-9-17(10-8-16)21-13-19(35-29-21)12-11-18-14-37-26-23(25(32)30(26)24(18)27(33)34)28-22(31)15-36-20-5-3-2-4-6-20/h2-13,23,26H,14-15H2,1H3,(H,28,31)(H,33,34)/b12-11+/t23-,26-/m1/s1. The Morgan fingerprint density at radius 1 is 1.19 bits per heavy atom. The summed E-state index contributed by atoms with van der Waals surface area (Å²) in [7, 11) is 0. The van der Waals surface area contributed by atoms with Crippen molar-refractivity contribution >= 4 is 47.4 Å². The molecule has 0 bridgehead atoms. The first-order chi connectivity index (χ1) is 17.9. The van der Waals surface area contributed by atoms with Gasteiger partial charge in [-0.15, -0.1) is 23.5 Å². The van der Waals surface area contributed by atoms with Crippen LogP contribution in [0.15, 0.2) is 87.4 Å². The van der Waals surface area contributed by atoms with Gasteiger partial charge in [0.1, 0.15) is 22.8 Å². The van der Waals surface area contributed by atoms with Crippen molar-refractivity contribution in [2.75, 3.05) is 11.5 Å². The number of thioether (sulfide) groups is 2. The summed E-state index contributed by atoms with van der Waals surface area (Å²) in [6.07, 6.45) is 3.29. The molecule has 0 unspecified atom stereocenters. The van der Waals surface area contributed by atoms with E-state index in [1.54, 1.807) is 18.2 Å². The Bertz CT molecular complexity index is 1400. The molecule has 5 rings (SSSR count). The largest absolute Gasteiger partial charge is 0.477 e. The average Bonchev–Trinajstić information content (AvgIpc) is 3.38. The van der Waals surface area contributed by atoms with Crippen molar-refractivity contribution in [2.24, 2.45) is 0 Å². The number of hydrogen-bond acceptors (Lipinski definition) is 7. The number of aryl methyl sites for hydroxylation is 1. The summed E-state index contributed by atoms with van der Waals surface area (Å²) >= 11 is 2.79. The van der Waals surface area contributed by atoms with E-state index >= 15 is 0 Å². The highest BCUT2D eigenvalue weighted by molar-refractivity contribution is 8.00. The predicted molar refractivity (Wildman–Crippen MR) is 143 cm³/mol. The van der Waals surface area contributed by atoms with Gasteiger partial charge < -0.3 is 14.9 Å². The van der Waals surface area contributed by atoms with Crippen molar-refractivity contribution in [3.8, 4) is 11.3 Å². The Kier molecular flexibility index (Phi) is 7.20. The number of rotatable bonds is 8. The van der Waals surface area contributed by atoms with Gasteiger partial charge in [0.25, 0.3) is 5.91 Å². The van der Waals surface area contributed by atoms with Crippen LogP contribution in [-0.2, 0) is 14.4 Å². The summed E-state index contributed by atoms with van der Waals surface area (Å²) in [5.41, 5.74) is 3.14. The highest BCUT2D eigenvalue weighted by atomic mass is 32.2. The van der Waals surface area contributed by atoms with E-state index in [1.807, 2.05) is 61.5 Å². The summed E-state index contributed by atoms with van der Waals surface area (Å²) < 4.78 is 5.39. The average molecular weight is 534 g/mol. The normalized spacial score (nSPS) is 19.1. The van der Waals surface area contributed by atoms with Gasteiger partial charge in [0, 0.05) is 22.3 Å². The van der Waals surface area contributed by atoms with Crippen molar-refractivity contribution in [1.29, 1.82) is 0 Å². The molecule has 8 nitrogen and oxygen atoms in total. The Morgan fingerprint density at radius 3 is 2.68 bits per heavy atom. The van der Waals surface area contributed by atoms with Crippen molar-refractivity contribution in [1.82, 2.24) is 15.4 Å². The smallest absolute Gasteiger partial charge is 0.352 e. The maximum atomic E-state index is 12.9. The number of hydrogen-bond donors (Lipinski definition) is 2. The number of aromatic nitrogens is 1. The molecule has 1 aromatic heterocycles. The second-order valence-corrected chi connectivity index (χ2v) is 10.7. The molecular weight excluding hydrogens is 510 g/mol. The van der Waals surface area contributed by atoms with Crippen molar-refractivity contribution in [3.63, 3.8) is 0 Å². The first-order valence-corrected chi connectivity index (χ1v) is 13.5. The van der Waals surface area contributed by atoms with Crippen LogP contribution < -0.4 is 5.32 Å². The predicted octanol–water partition coefficient (Wildman–Crippen LogP) is 4.19. The second-order valence-electron chi connectivity index (χ2n) is 8.55. The summed E-state index contributed by atoms with van der Waals surface area (Å²) in [5, 5.41) is 16.3. The highest BCUT2D eigenvalue weighted by Gasteiger charge is 2.53. The molecule has 1 fully saturated rings. The van der Waals surface area contributed by atoms with Crippen LogP contribution in [0.1, 0.15) is 11.3 Å². The van der Waals surface area contributed by atoms with E-state index in [0.717, 1.165) is 16.0 Å². The molecule has 2 aliphatic rings. The minimum Gasteiger partial charge on any atom is -0.477 e. The molecule has 2 atom stereocenters. The van der Waals surface area contributed by atoms with Gasteiger partial charge in [-0.2, -0.15) is 0 Å². The van der Waals surface area contributed by atoms with E-state index in [-0.39, 0.29) is 17.4 Å². The van der Waals surface area contributed by atoms with E-state index in [9.17, 15) is 19.5 Å². The topological polar surface area (TPSA) is 113 Å².